The second-order valence-electron chi connectivity index (χ2n) is 7.84. The van der Waals surface area contributed by atoms with Crippen LogP contribution in [0, 0.1) is 11.7 Å². The Bertz CT molecular complexity index is 1090. The van der Waals surface area contributed by atoms with Crippen LogP contribution in [0.25, 0.3) is 0 Å². The summed E-state index contributed by atoms with van der Waals surface area (Å²) in [4.78, 5) is 26.2. The highest BCUT2D eigenvalue weighted by Gasteiger charge is 2.35. The van der Waals surface area contributed by atoms with Crippen LogP contribution in [0.5, 0.6) is 0 Å². The molecule has 2 aliphatic heterocycles. The summed E-state index contributed by atoms with van der Waals surface area (Å²) < 4.78 is 39.9. The Labute approximate surface area is 180 Å². The van der Waals surface area contributed by atoms with Gasteiger partial charge in [0.05, 0.1) is 11.7 Å². The molecule has 31 heavy (non-hydrogen) atoms. The monoisotopic (exact) mass is 445 g/mol. The molecule has 7 nitrogen and oxygen atoms in total. The molecular formula is C22H24FN3O4S. The molecule has 0 unspecified atom stereocenters. The summed E-state index contributed by atoms with van der Waals surface area (Å²) in [7, 11) is -3.51. The summed E-state index contributed by atoms with van der Waals surface area (Å²) in [5, 5.41) is 2.66. The van der Waals surface area contributed by atoms with Gasteiger partial charge in [-0.1, -0.05) is 24.3 Å². The van der Waals surface area contributed by atoms with Gasteiger partial charge in [-0.05, 0) is 41.8 Å². The second kappa shape index (κ2) is 8.76. The minimum absolute atomic E-state index is 0.0133. The van der Waals surface area contributed by atoms with Crippen molar-refractivity contribution in [1.82, 2.24) is 9.62 Å². The first-order chi connectivity index (χ1) is 14.8. The summed E-state index contributed by atoms with van der Waals surface area (Å²) in [6, 6.07) is 13.3. The van der Waals surface area contributed by atoms with Crippen molar-refractivity contribution in [2.45, 2.75) is 19.4 Å². The molecule has 2 heterocycles. The lowest BCUT2D eigenvalue weighted by atomic mass is 10.0. The van der Waals surface area contributed by atoms with Gasteiger partial charge in [-0.2, -0.15) is 4.31 Å². The van der Waals surface area contributed by atoms with Gasteiger partial charge in [0.15, 0.2) is 0 Å². The lowest BCUT2D eigenvalue weighted by Gasteiger charge is -2.28. The SMILES string of the molecule is O=C(NCCS(=O)(=O)N1CCc2ccccc2C1)[C@H]1CC(=O)N(c2ccc(F)cc2)C1. The molecular weight excluding hydrogens is 421 g/mol. The minimum atomic E-state index is -3.51. The van der Waals surface area contributed by atoms with Crippen LogP contribution in [0.3, 0.4) is 0 Å². The van der Waals surface area contributed by atoms with Crippen molar-refractivity contribution < 1.29 is 22.4 Å². The number of benzene rings is 2. The lowest BCUT2D eigenvalue weighted by molar-refractivity contribution is -0.126. The van der Waals surface area contributed by atoms with E-state index in [0.717, 1.165) is 5.56 Å². The fourth-order valence-corrected chi connectivity index (χ4v) is 5.36. The summed E-state index contributed by atoms with van der Waals surface area (Å²) >= 11 is 0. The average Bonchev–Trinajstić information content (AvgIpc) is 3.15. The van der Waals surface area contributed by atoms with E-state index in [2.05, 4.69) is 5.32 Å². The maximum absolute atomic E-state index is 13.1. The van der Waals surface area contributed by atoms with E-state index in [0.29, 0.717) is 25.2 Å². The number of carbonyl (C=O) groups excluding carboxylic acids is 2. The molecule has 0 bridgehead atoms. The topological polar surface area (TPSA) is 86.8 Å². The number of hydrogen-bond donors (Lipinski definition) is 1. The van der Waals surface area contributed by atoms with Crippen molar-refractivity contribution in [3.05, 3.63) is 65.5 Å². The van der Waals surface area contributed by atoms with E-state index < -0.39 is 21.8 Å². The Morgan fingerprint density at radius 1 is 1.10 bits per heavy atom. The molecule has 1 fully saturated rings. The zero-order valence-corrected chi connectivity index (χ0v) is 17.8. The van der Waals surface area contributed by atoms with Crippen LogP contribution < -0.4 is 10.2 Å². The van der Waals surface area contributed by atoms with Crippen molar-refractivity contribution in [2.24, 2.45) is 5.92 Å². The fourth-order valence-electron chi connectivity index (χ4n) is 4.04. The first kappa shape index (κ1) is 21.5. The Hall–Kier alpha value is -2.78. The van der Waals surface area contributed by atoms with E-state index in [1.807, 2.05) is 24.3 Å². The van der Waals surface area contributed by atoms with Gasteiger partial charge in [0.1, 0.15) is 5.82 Å². The molecule has 2 amide bonds. The molecule has 1 saturated heterocycles. The predicted octanol–water partition coefficient (Wildman–Crippen LogP) is 1.68. The Kier molecular flexibility index (Phi) is 6.06. The number of fused-ring (bicyclic) bond motifs is 1. The van der Waals surface area contributed by atoms with Gasteiger partial charge in [0.2, 0.25) is 21.8 Å². The second-order valence-corrected chi connectivity index (χ2v) is 9.93. The molecule has 2 aromatic carbocycles. The van der Waals surface area contributed by atoms with Crippen molar-refractivity contribution in [1.29, 1.82) is 0 Å². The van der Waals surface area contributed by atoms with Crippen molar-refractivity contribution in [3.63, 3.8) is 0 Å². The van der Waals surface area contributed by atoms with E-state index in [4.69, 9.17) is 0 Å². The Balaban J connectivity index is 1.29. The summed E-state index contributed by atoms with van der Waals surface area (Å²) in [5.74, 6) is -1.72. The highest BCUT2D eigenvalue weighted by molar-refractivity contribution is 7.89. The third kappa shape index (κ3) is 4.77. The maximum atomic E-state index is 13.1. The first-order valence-corrected chi connectivity index (χ1v) is 11.8. The van der Waals surface area contributed by atoms with Gasteiger partial charge in [-0.25, -0.2) is 12.8 Å². The van der Waals surface area contributed by atoms with Gasteiger partial charge >= 0.3 is 0 Å². The number of carbonyl (C=O) groups is 2. The van der Waals surface area contributed by atoms with E-state index in [1.54, 1.807) is 0 Å². The molecule has 4 rings (SSSR count). The number of nitrogens with one attached hydrogen (secondary N) is 1. The molecule has 164 valence electrons. The van der Waals surface area contributed by atoms with Gasteiger partial charge in [-0.15, -0.1) is 0 Å². The molecule has 0 aromatic heterocycles. The van der Waals surface area contributed by atoms with Gasteiger partial charge in [-0.3, -0.25) is 9.59 Å². The van der Waals surface area contributed by atoms with E-state index in [-0.39, 0.29) is 37.1 Å². The maximum Gasteiger partial charge on any atom is 0.227 e. The molecule has 0 aliphatic carbocycles. The molecule has 2 aliphatic rings. The molecule has 0 radical (unpaired) electrons. The molecule has 9 heteroatoms. The summed E-state index contributed by atoms with van der Waals surface area (Å²) in [6.45, 7) is 0.944. The largest absolute Gasteiger partial charge is 0.355 e. The van der Waals surface area contributed by atoms with Crippen LogP contribution in [0.2, 0.25) is 0 Å². The van der Waals surface area contributed by atoms with Gasteiger partial charge in [0, 0.05) is 38.3 Å². The van der Waals surface area contributed by atoms with Gasteiger partial charge < -0.3 is 10.2 Å². The van der Waals surface area contributed by atoms with Crippen LogP contribution in [0.1, 0.15) is 17.5 Å². The lowest BCUT2D eigenvalue weighted by Crippen LogP contribution is -2.41. The molecule has 0 spiro atoms. The molecule has 2 aromatic rings. The van der Waals surface area contributed by atoms with Crippen LogP contribution in [-0.4, -0.2) is 49.9 Å². The molecule has 1 atom stereocenters. The third-order valence-electron chi connectivity index (χ3n) is 5.78. The highest BCUT2D eigenvalue weighted by atomic mass is 32.2. The number of hydrogen-bond acceptors (Lipinski definition) is 4. The number of halogens is 1. The Morgan fingerprint density at radius 3 is 2.55 bits per heavy atom. The smallest absolute Gasteiger partial charge is 0.227 e. The summed E-state index contributed by atoms with van der Waals surface area (Å²) in [6.07, 6.45) is 0.712. The number of nitrogens with zero attached hydrogens (tertiary/aromatic N) is 2. The zero-order chi connectivity index (χ0) is 22.0. The minimum Gasteiger partial charge on any atom is -0.355 e. The number of anilines is 1. The van der Waals surface area contributed by atoms with Crippen LogP contribution in [0.4, 0.5) is 10.1 Å². The van der Waals surface area contributed by atoms with Crippen LogP contribution in [-0.2, 0) is 32.6 Å². The average molecular weight is 446 g/mol. The van der Waals surface area contributed by atoms with E-state index in [1.165, 1.54) is 39.0 Å². The van der Waals surface area contributed by atoms with Crippen molar-refractivity contribution >= 4 is 27.5 Å². The van der Waals surface area contributed by atoms with E-state index >= 15 is 0 Å². The predicted molar refractivity (Wildman–Crippen MR) is 114 cm³/mol. The Morgan fingerprint density at radius 2 is 1.81 bits per heavy atom. The fraction of sp³-hybridized carbons (Fsp3) is 0.364. The third-order valence-corrected chi connectivity index (χ3v) is 7.60. The molecule has 0 saturated carbocycles. The highest BCUT2D eigenvalue weighted by Crippen LogP contribution is 2.25. The van der Waals surface area contributed by atoms with Crippen LogP contribution in [0.15, 0.2) is 48.5 Å². The molecule has 1 N–H and O–H groups in total. The van der Waals surface area contributed by atoms with Crippen LogP contribution >= 0.6 is 0 Å². The number of sulfonamides is 1. The number of amides is 2. The zero-order valence-electron chi connectivity index (χ0n) is 17.0. The first-order valence-electron chi connectivity index (χ1n) is 10.2. The quantitative estimate of drug-likeness (QED) is 0.733. The number of rotatable bonds is 6. The van der Waals surface area contributed by atoms with Crippen molar-refractivity contribution in [3.8, 4) is 0 Å². The van der Waals surface area contributed by atoms with E-state index in [9.17, 15) is 22.4 Å². The van der Waals surface area contributed by atoms with Gasteiger partial charge in [0.25, 0.3) is 0 Å². The normalized spacial score (nSPS) is 19.3. The van der Waals surface area contributed by atoms with Crippen molar-refractivity contribution in [2.75, 3.05) is 30.3 Å². The summed E-state index contributed by atoms with van der Waals surface area (Å²) in [5.41, 5.74) is 2.71. The standard InChI is InChI=1S/C22H24FN3O4S/c23-19-5-7-20(8-6-19)26-15-18(13-21(26)27)22(28)24-10-12-31(29,30)25-11-9-16-3-1-2-4-17(16)14-25/h1-8,18H,9-15H2,(H,24,28)/t18-/m0/s1.